The number of piperazine rings is 1. The number of para-hydroxylation sites is 2. The molecule has 1 aliphatic rings. The second-order valence-electron chi connectivity index (χ2n) is 8.27. The summed E-state index contributed by atoms with van der Waals surface area (Å²) in [5.41, 5.74) is 3.00. The summed E-state index contributed by atoms with van der Waals surface area (Å²) in [6.45, 7) is 6.37. The summed E-state index contributed by atoms with van der Waals surface area (Å²) < 4.78 is 6.13. The van der Waals surface area contributed by atoms with Gasteiger partial charge in [0.05, 0.1) is 5.69 Å². The monoisotopic (exact) mass is 444 g/mol. The number of nitrogens with one attached hydrogen (secondary N) is 1. The third-order valence-corrected chi connectivity index (χ3v) is 5.94. The molecule has 0 bridgehead atoms. The first-order valence-corrected chi connectivity index (χ1v) is 11.7. The maximum Gasteiger partial charge on any atom is 0.251 e. The van der Waals surface area contributed by atoms with E-state index in [1.165, 1.54) is 0 Å². The molecule has 33 heavy (non-hydrogen) atoms. The molecule has 6 nitrogen and oxygen atoms in total. The van der Waals surface area contributed by atoms with Crippen LogP contribution in [0.4, 0.5) is 5.69 Å². The number of unbranched alkanes of at least 4 members (excludes halogenated alkanes) is 1. The van der Waals surface area contributed by atoms with Crippen molar-refractivity contribution >= 4 is 11.6 Å². The van der Waals surface area contributed by atoms with Crippen molar-refractivity contribution in [3.8, 4) is 5.75 Å². The summed E-state index contributed by atoms with van der Waals surface area (Å²) in [7, 11) is 0. The van der Waals surface area contributed by atoms with E-state index >= 15 is 0 Å². The van der Waals surface area contributed by atoms with E-state index in [9.17, 15) is 4.79 Å². The number of hydrogen-bond donors (Lipinski definition) is 1. The van der Waals surface area contributed by atoms with Crippen LogP contribution < -0.4 is 15.0 Å². The van der Waals surface area contributed by atoms with E-state index < -0.39 is 0 Å². The predicted molar refractivity (Wildman–Crippen MR) is 132 cm³/mol. The summed E-state index contributed by atoms with van der Waals surface area (Å²) in [5, 5.41) is 3.01. The van der Waals surface area contributed by atoms with Gasteiger partial charge in [0, 0.05) is 50.7 Å². The molecule has 0 unspecified atom stereocenters. The molecular formula is C27H32N4O2. The Morgan fingerprint density at radius 2 is 1.61 bits per heavy atom. The Balaban J connectivity index is 1.17. The average molecular weight is 445 g/mol. The maximum atomic E-state index is 12.1. The van der Waals surface area contributed by atoms with Gasteiger partial charge in [-0.3, -0.25) is 14.7 Å². The number of hydrogen-bond acceptors (Lipinski definition) is 5. The summed E-state index contributed by atoms with van der Waals surface area (Å²) in [4.78, 5) is 21.1. The topological polar surface area (TPSA) is 57.7 Å². The van der Waals surface area contributed by atoms with Crippen LogP contribution in [0.2, 0.25) is 0 Å². The van der Waals surface area contributed by atoms with Crippen LogP contribution in [0.1, 0.15) is 28.8 Å². The molecular weight excluding hydrogens is 412 g/mol. The quantitative estimate of drug-likeness (QED) is 0.479. The van der Waals surface area contributed by atoms with Gasteiger partial charge in [0.1, 0.15) is 12.4 Å². The smallest absolute Gasteiger partial charge is 0.251 e. The summed E-state index contributed by atoms with van der Waals surface area (Å²) in [5.74, 6) is 0.936. The Labute approximate surface area is 196 Å². The minimum Gasteiger partial charge on any atom is -0.487 e. The highest BCUT2D eigenvalue weighted by Crippen LogP contribution is 2.29. The Kier molecular flexibility index (Phi) is 8.30. The zero-order valence-corrected chi connectivity index (χ0v) is 19.0. The summed E-state index contributed by atoms with van der Waals surface area (Å²) in [6, 6.07) is 21.6. The van der Waals surface area contributed by atoms with E-state index in [0.29, 0.717) is 6.61 Å². The van der Waals surface area contributed by atoms with E-state index in [1.54, 1.807) is 12.4 Å². The fraction of sp³-hybridized carbons (Fsp3) is 0.333. The van der Waals surface area contributed by atoms with Crippen molar-refractivity contribution in [2.75, 3.05) is 44.2 Å². The van der Waals surface area contributed by atoms with Crippen molar-refractivity contribution in [2.45, 2.75) is 19.4 Å². The van der Waals surface area contributed by atoms with Crippen LogP contribution in [0, 0.1) is 0 Å². The first-order valence-electron chi connectivity index (χ1n) is 11.7. The molecule has 2 aromatic carbocycles. The molecule has 1 aromatic heterocycles. The van der Waals surface area contributed by atoms with Crippen molar-refractivity contribution in [2.24, 2.45) is 0 Å². The molecule has 0 spiro atoms. The average Bonchev–Trinajstić information content (AvgIpc) is 2.89. The van der Waals surface area contributed by atoms with Crippen molar-refractivity contribution in [1.82, 2.24) is 15.2 Å². The molecule has 1 N–H and O–H groups in total. The lowest BCUT2D eigenvalue weighted by Gasteiger charge is -2.36. The SMILES string of the molecule is O=C(NCCCCN1CCN(c2ccccc2OCc2ccncc2)CC1)c1ccccc1. The molecule has 1 amide bonds. The molecule has 0 radical (unpaired) electrons. The van der Waals surface area contributed by atoms with Gasteiger partial charge in [0.2, 0.25) is 0 Å². The number of ether oxygens (including phenoxy) is 1. The summed E-state index contributed by atoms with van der Waals surface area (Å²) >= 11 is 0. The van der Waals surface area contributed by atoms with E-state index in [1.807, 2.05) is 54.6 Å². The minimum absolute atomic E-state index is 0.00836. The van der Waals surface area contributed by atoms with Gasteiger partial charge in [-0.15, -0.1) is 0 Å². The molecule has 1 fully saturated rings. The van der Waals surface area contributed by atoms with Crippen molar-refractivity contribution in [3.63, 3.8) is 0 Å². The molecule has 0 atom stereocenters. The second-order valence-corrected chi connectivity index (χ2v) is 8.27. The van der Waals surface area contributed by atoms with Crippen molar-refractivity contribution in [1.29, 1.82) is 0 Å². The van der Waals surface area contributed by atoms with Crippen LogP contribution in [-0.2, 0) is 6.61 Å². The number of anilines is 1. The van der Waals surface area contributed by atoms with E-state index in [4.69, 9.17) is 4.74 Å². The van der Waals surface area contributed by atoms with Crippen LogP contribution in [0.5, 0.6) is 5.75 Å². The second kappa shape index (κ2) is 12.0. The fourth-order valence-electron chi connectivity index (χ4n) is 4.05. The van der Waals surface area contributed by atoms with Crippen LogP contribution in [0.15, 0.2) is 79.1 Å². The highest BCUT2D eigenvalue weighted by atomic mass is 16.5. The maximum absolute atomic E-state index is 12.1. The zero-order valence-electron chi connectivity index (χ0n) is 19.0. The molecule has 3 aromatic rings. The lowest BCUT2D eigenvalue weighted by atomic mass is 10.2. The van der Waals surface area contributed by atoms with Crippen LogP contribution in [-0.4, -0.2) is 55.1 Å². The van der Waals surface area contributed by atoms with Crippen LogP contribution in [0.3, 0.4) is 0 Å². The molecule has 1 saturated heterocycles. The number of amides is 1. The third-order valence-electron chi connectivity index (χ3n) is 5.94. The van der Waals surface area contributed by atoms with Gasteiger partial charge >= 0.3 is 0 Å². The minimum atomic E-state index is 0.00836. The van der Waals surface area contributed by atoms with E-state index in [2.05, 4.69) is 32.2 Å². The van der Waals surface area contributed by atoms with Gasteiger partial charge in [-0.1, -0.05) is 30.3 Å². The van der Waals surface area contributed by atoms with E-state index in [0.717, 1.165) is 74.7 Å². The van der Waals surface area contributed by atoms with Crippen LogP contribution in [0.25, 0.3) is 0 Å². The molecule has 6 heteroatoms. The van der Waals surface area contributed by atoms with Gasteiger partial charge in [-0.25, -0.2) is 0 Å². The number of aromatic nitrogens is 1. The largest absolute Gasteiger partial charge is 0.487 e. The molecule has 4 rings (SSSR count). The Hall–Kier alpha value is -3.38. The molecule has 172 valence electrons. The van der Waals surface area contributed by atoms with E-state index in [-0.39, 0.29) is 5.91 Å². The van der Waals surface area contributed by atoms with Gasteiger partial charge in [0.15, 0.2) is 0 Å². The highest BCUT2D eigenvalue weighted by Gasteiger charge is 2.19. The molecule has 0 aliphatic carbocycles. The Bertz CT molecular complexity index is 989. The molecule has 0 saturated carbocycles. The van der Waals surface area contributed by atoms with Crippen LogP contribution >= 0.6 is 0 Å². The third kappa shape index (κ3) is 6.80. The predicted octanol–water partition coefficient (Wildman–Crippen LogP) is 3.99. The summed E-state index contributed by atoms with van der Waals surface area (Å²) in [6.07, 6.45) is 5.66. The first kappa shape index (κ1) is 22.8. The number of rotatable bonds is 10. The standard InChI is InChI=1S/C27H32N4O2/c32-27(24-8-2-1-3-9-24)29-14-6-7-17-30-18-20-31(21-19-30)25-10-4-5-11-26(25)33-22-23-12-15-28-16-13-23/h1-5,8-13,15-16H,6-7,14,17-22H2,(H,29,32). The van der Waals surface area contributed by atoms with Gasteiger partial charge < -0.3 is 15.0 Å². The Morgan fingerprint density at radius 1 is 0.879 bits per heavy atom. The number of carbonyl (C=O) groups is 1. The normalized spacial score (nSPS) is 14.1. The fourth-order valence-corrected chi connectivity index (χ4v) is 4.05. The van der Waals surface area contributed by atoms with Gasteiger partial charge in [-0.05, 0) is 61.3 Å². The number of benzene rings is 2. The highest BCUT2D eigenvalue weighted by molar-refractivity contribution is 5.94. The first-order chi connectivity index (χ1) is 16.3. The lowest BCUT2D eigenvalue weighted by molar-refractivity contribution is 0.0952. The molecule has 2 heterocycles. The van der Waals surface area contributed by atoms with Gasteiger partial charge in [-0.2, -0.15) is 0 Å². The molecule has 1 aliphatic heterocycles. The zero-order chi connectivity index (χ0) is 22.7. The number of carbonyl (C=O) groups excluding carboxylic acids is 1. The number of nitrogens with zero attached hydrogens (tertiary/aromatic N) is 3. The number of pyridine rings is 1. The van der Waals surface area contributed by atoms with Gasteiger partial charge in [0.25, 0.3) is 5.91 Å². The lowest BCUT2D eigenvalue weighted by Crippen LogP contribution is -2.46. The van der Waals surface area contributed by atoms with Crippen molar-refractivity contribution < 1.29 is 9.53 Å². The van der Waals surface area contributed by atoms with Crippen molar-refractivity contribution in [3.05, 3.63) is 90.3 Å². The Morgan fingerprint density at radius 3 is 2.39 bits per heavy atom.